The lowest BCUT2D eigenvalue weighted by Crippen LogP contribution is -2.38. The minimum atomic E-state index is -1.04. The second kappa shape index (κ2) is 5.92. The number of ether oxygens (including phenoxy) is 1. The number of carboxylic acid groups (broad SMARTS) is 1. The number of hydrogen-bond donors (Lipinski definition) is 1. The normalized spacial score (nSPS) is 18.1. The van der Waals surface area contributed by atoms with Crippen molar-refractivity contribution in [1.29, 1.82) is 0 Å². The van der Waals surface area contributed by atoms with E-state index in [1.54, 1.807) is 11.8 Å². The lowest BCUT2D eigenvalue weighted by molar-refractivity contribution is 0.0399. The van der Waals surface area contributed by atoms with Crippen molar-refractivity contribution in [3.8, 4) is 0 Å². The minimum Gasteiger partial charge on any atom is -0.476 e. The van der Waals surface area contributed by atoms with Crippen LogP contribution in [0, 0.1) is 0 Å². The highest BCUT2D eigenvalue weighted by Gasteiger charge is 2.18. The standard InChI is InChI=1S/C11H18N4O3/c1-18-9-2-4-14(5-3-9)6-7-15-8-10(11(16)17)12-13-15/h8-9H,2-7H2,1H3,(H,16,17). The van der Waals surface area contributed by atoms with Crippen LogP contribution in [0.4, 0.5) is 0 Å². The zero-order chi connectivity index (χ0) is 13.0. The van der Waals surface area contributed by atoms with Gasteiger partial charge in [0.25, 0.3) is 0 Å². The molecule has 7 heteroatoms. The number of piperidine rings is 1. The molecule has 1 aromatic heterocycles. The molecule has 1 N–H and O–H groups in total. The summed E-state index contributed by atoms with van der Waals surface area (Å²) in [5.41, 5.74) is -0.00640. The van der Waals surface area contributed by atoms with Gasteiger partial charge in [-0.25, -0.2) is 4.79 Å². The first kappa shape index (κ1) is 13.0. The monoisotopic (exact) mass is 254 g/mol. The van der Waals surface area contributed by atoms with Gasteiger partial charge in [-0.3, -0.25) is 4.68 Å². The third-order valence-corrected chi connectivity index (χ3v) is 3.27. The van der Waals surface area contributed by atoms with Crippen molar-refractivity contribution in [2.75, 3.05) is 26.7 Å². The molecule has 0 aromatic carbocycles. The van der Waals surface area contributed by atoms with Gasteiger partial charge in [0.1, 0.15) is 0 Å². The largest absolute Gasteiger partial charge is 0.476 e. The maximum absolute atomic E-state index is 10.6. The van der Waals surface area contributed by atoms with E-state index in [1.165, 1.54) is 6.20 Å². The SMILES string of the molecule is COC1CCN(CCn2cc(C(=O)O)nn2)CC1. The third kappa shape index (κ3) is 3.27. The Bertz CT molecular complexity index is 399. The fourth-order valence-electron chi connectivity index (χ4n) is 2.12. The summed E-state index contributed by atoms with van der Waals surface area (Å²) in [4.78, 5) is 13.0. The van der Waals surface area contributed by atoms with Crippen LogP contribution in [0.5, 0.6) is 0 Å². The summed E-state index contributed by atoms with van der Waals surface area (Å²) in [5.74, 6) is -1.04. The molecule has 0 spiro atoms. The minimum absolute atomic E-state index is 0.00640. The Hall–Kier alpha value is -1.47. The molecule has 2 rings (SSSR count). The van der Waals surface area contributed by atoms with Gasteiger partial charge in [0.15, 0.2) is 5.69 Å². The van der Waals surface area contributed by atoms with Crippen molar-refractivity contribution in [3.63, 3.8) is 0 Å². The first-order chi connectivity index (χ1) is 8.69. The molecule has 0 unspecified atom stereocenters. The molecule has 1 fully saturated rings. The molecule has 0 amide bonds. The van der Waals surface area contributed by atoms with E-state index in [4.69, 9.17) is 9.84 Å². The molecular weight excluding hydrogens is 236 g/mol. The van der Waals surface area contributed by atoms with Crippen LogP contribution in [-0.4, -0.2) is 63.8 Å². The number of nitrogens with zero attached hydrogens (tertiary/aromatic N) is 4. The zero-order valence-corrected chi connectivity index (χ0v) is 10.4. The van der Waals surface area contributed by atoms with Gasteiger partial charge >= 0.3 is 5.97 Å². The highest BCUT2D eigenvalue weighted by molar-refractivity contribution is 5.84. The van der Waals surface area contributed by atoms with Crippen LogP contribution < -0.4 is 0 Å². The summed E-state index contributed by atoms with van der Waals surface area (Å²) >= 11 is 0. The van der Waals surface area contributed by atoms with E-state index < -0.39 is 5.97 Å². The van der Waals surface area contributed by atoms with Crippen molar-refractivity contribution in [3.05, 3.63) is 11.9 Å². The molecule has 0 aliphatic carbocycles. The van der Waals surface area contributed by atoms with E-state index in [-0.39, 0.29) is 5.69 Å². The van der Waals surface area contributed by atoms with Gasteiger partial charge in [-0.1, -0.05) is 5.21 Å². The molecule has 100 valence electrons. The second-order valence-corrected chi connectivity index (χ2v) is 4.45. The molecule has 1 aliphatic heterocycles. The highest BCUT2D eigenvalue weighted by atomic mass is 16.5. The Labute approximate surface area is 105 Å². The van der Waals surface area contributed by atoms with Gasteiger partial charge in [0, 0.05) is 26.7 Å². The average molecular weight is 254 g/mol. The third-order valence-electron chi connectivity index (χ3n) is 3.27. The molecule has 2 heterocycles. The molecule has 0 saturated carbocycles. The average Bonchev–Trinajstić information content (AvgIpc) is 2.86. The summed E-state index contributed by atoms with van der Waals surface area (Å²) in [6, 6.07) is 0. The van der Waals surface area contributed by atoms with E-state index in [9.17, 15) is 4.79 Å². The van der Waals surface area contributed by atoms with Gasteiger partial charge < -0.3 is 14.7 Å². The Kier molecular flexibility index (Phi) is 4.27. The highest BCUT2D eigenvalue weighted by Crippen LogP contribution is 2.12. The number of rotatable bonds is 5. The Morgan fingerprint density at radius 1 is 1.50 bits per heavy atom. The van der Waals surface area contributed by atoms with Crippen LogP contribution in [0.25, 0.3) is 0 Å². The number of carboxylic acids is 1. The number of hydrogen-bond acceptors (Lipinski definition) is 5. The van der Waals surface area contributed by atoms with E-state index in [2.05, 4.69) is 15.2 Å². The predicted octanol–water partition coefficient (Wildman–Crippen LogP) is 0.0871. The second-order valence-electron chi connectivity index (χ2n) is 4.45. The summed E-state index contributed by atoms with van der Waals surface area (Å²) in [6.07, 6.45) is 3.94. The number of aromatic nitrogens is 3. The topological polar surface area (TPSA) is 80.5 Å². The number of likely N-dealkylation sites (tertiary alicyclic amines) is 1. The van der Waals surface area contributed by atoms with Crippen molar-refractivity contribution in [2.24, 2.45) is 0 Å². The molecule has 7 nitrogen and oxygen atoms in total. The Morgan fingerprint density at radius 2 is 2.22 bits per heavy atom. The predicted molar refractivity (Wildman–Crippen MR) is 63.5 cm³/mol. The molecule has 1 aromatic rings. The maximum atomic E-state index is 10.6. The molecule has 0 radical (unpaired) electrons. The van der Waals surface area contributed by atoms with Crippen molar-refractivity contribution >= 4 is 5.97 Å². The van der Waals surface area contributed by atoms with Gasteiger partial charge in [-0.2, -0.15) is 0 Å². The molecule has 0 atom stereocenters. The van der Waals surface area contributed by atoms with Gasteiger partial charge in [0.05, 0.1) is 18.8 Å². The van der Waals surface area contributed by atoms with Gasteiger partial charge in [0.2, 0.25) is 0 Å². The van der Waals surface area contributed by atoms with Crippen LogP contribution in [-0.2, 0) is 11.3 Å². The van der Waals surface area contributed by atoms with Crippen LogP contribution in [0.1, 0.15) is 23.3 Å². The summed E-state index contributed by atoms with van der Waals surface area (Å²) in [6.45, 7) is 3.55. The van der Waals surface area contributed by atoms with Crippen LogP contribution in [0.3, 0.4) is 0 Å². The summed E-state index contributed by atoms with van der Waals surface area (Å²) in [7, 11) is 1.75. The molecular formula is C11H18N4O3. The first-order valence-corrected chi connectivity index (χ1v) is 6.07. The fourth-order valence-corrected chi connectivity index (χ4v) is 2.12. The smallest absolute Gasteiger partial charge is 0.358 e. The van der Waals surface area contributed by atoms with E-state index in [1.807, 2.05) is 0 Å². The van der Waals surface area contributed by atoms with Crippen LogP contribution >= 0.6 is 0 Å². The quantitative estimate of drug-likeness (QED) is 0.802. The van der Waals surface area contributed by atoms with E-state index >= 15 is 0 Å². The van der Waals surface area contributed by atoms with Crippen LogP contribution in [0.2, 0.25) is 0 Å². The maximum Gasteiger partial charge on any atom is 0.358 e. The number of aromatic carboxylic acids is 1. The zero-order valence-electron chi connectivity index (χ0n) is 10.4. The lowest BCUT2D eigenvalue weighted by atomic mass is 10.1. The summed E-state index contributed by atoms with van der Waals surface area (Å²) in [5, 5.41) is 16.1. The fraction of sp³-hybridized carbons (Fsp3) is 0.727. The number of carbonyl (C=O) groups is 1. The van der Waals surface area contributed by atoms with Crippen molar-refractivity contribution < 1.29 is 14.6 Å². The Morgan fingerprint density at radius 3 is 2.78 bits per heavy atom. The van der Waals surface area contributed by atoms with Crippen molar-refractivity contribution in [1.82, 2.24) is 19.9 Å². The molecule has 1 saturated heterocycles. The molecule has 1 aliphatic rings. The number of methoxy groups -OCH3 is 1. The van der Waals surface area contributed by atoms with Gasteiger partial charge in [-0.15, -0.1) is 5.10 Å². The van der Waals surface area contributed by atoms with Crippen molar-refractivity contribution in [2.45, 2.75) is 25.5 Å². The lowest BCUT2D eigenvalue weighted by Gasteiger charge is -2.30. The molecule has 18 heavy (non-hydrogen) atoms. The molecule has 0 bridgehead atoms. The summed E-state index contributed by atoms with van der Waals surface area (Å²) < 4.78 is 6.89. The van der Waals surface area contributed by atoms with Crippen LogP contribution in [0.15, 0.2) is 6.20 Å². The van der Waals surface area contributed by atoms with Gasteiger partial charge in [-0.05, 0) is 12.8 Å². The first-order valence-electron chi connectivity index (χ1n) is 6.07. The Balaban J connectivity index is 1.76. The van der Waals surface area contributed by atoms with E-state index in [0.29, 0.717) is 12.6 Å². The van der Waals surface area contributed by atoms with E-state index in [0.717, 1.165) is 32.5 Å².